The number of phosphoric ester groups is 1. The highest BCUT2D eigenvalue weighted by Crippen LogP contribution is 2.43. The Labute approximate surface area is 167 Å². The fourth-order valence-electron chi connectivity index (χ4n) is 2.11. The molecular weight excluding hydrogens is 389 g/mol. The number of ether oxygens (including phenoxy) is 2. The molecule has 0 aliphatic heterocycles. The van der Waals surface area contributed by atoms with Crippen molar-refractivity contribution in [2.75, 3.05) is 26.4 Å². The molecule has 0 bridgehead atoms. The van der Waals surface area contributed by atoms with E-state index in [9.17, 15) is 19.4 Å². The molecule has 10 heteroatoms. The van der Waals surface area contributed by atoms with Crippen LogP contribution < -0.4 is 10.8 Å². The van der Waals surface area contributed by atoms with E-state index in [2.05, 4.69) is 17.7 Å². The summed E-state index contributed by atoms with van der Waals surface area (Å²) in [5.74, 6) is -1.33. The number of unbranched alkanes of at least 4 members (excludes halogenated alkanes) is 6. The second-order valence-electron chi connectivity index (χ2n) is 5.96. The highest BCUT2D eigenvalue weighted by Gasteiger charge is 2.24. The predicted octanol–water partition coefficient (Wildman–Crippen LogP) is 1.96. The summed E-state index contributed by atoms with van der Waals surface area (Å²) in [6, 6.07) is 0. The molecule has 0 aromatic rings. The highest BCUT2D eigenvalue weighted by molar-refractivity contribution is 7.47. The summed E-state index contributed by atoms with van der Waals surface area (Å²) in [5, 5.41) is 10.8. The van der Waals surface area contributed by atoms with Gasteiger partial charge in [-0.2, -0.15) is 0 Å². The monoisotopic (exact) mass is 421 g/mol. The van der Waals surface area contributed by atoms with Gasteiger partial charge in [-0.1, -0.05) is 32.3 Å². The van der Waals surface area contributed by atoms with E-state index in [-0.39, 0.29) is 26.2 Å². The van der Waals surface area contributed by atoms with Crippen molar-refractivity contribution >= 4 is 13.8 Å². The standard InChI is InChI=1S/C18H33NO8P/c1-3-4-5-6-7-8-9-10-11-18(21)27-17(14-24-16(2)20)15-26-28(22,23)25-13-12-19/h3-4,17,20H,1-2,5-15,19H2,(H,22,23)/q-1/p-1/t17-/m1/s1. The van der Waals surface area contributed by atoms with Crippen LogP contribution in [0.2, 0.25) is 0 Å². The number of allylic oxidation sites excluding steroid dienone is 1. The quantitative estimate of drug-likeness (QED) is 0.105. The minimum Gasteiger partial charge on any atom is -0.610 e. The van der Waals surface area contributed by atoms with Gasteiger partial charge in [0.25, 0.3) is 0 Å². The van der Waals surface area contributed by atoms with Crippen LogP contribution in [0.5, 0.6) is 0 Å². The minimum absolute atomic E-state index is 0.0396. The van der Waals surface area contributed by atoms with E-state index in [0.717, 1.165) is 32.1 Å². The van der Waals surface area contributed by atoms with Crippen molar-refractivity contribution in [2.45, 2.75) is 51.0 Å². The summed E-state index contributed by atoms with van der Waals surface area (Å²) in [7, 11) is -4.33. The average molecular weight is 421 g/mol. The van der Waals surface area contributed by atoms with Gasteiger partial charge in [-0.05, 0) is 6.42 Å². The summed E-state index contributed by atoms with van der Waals surface area (Å²) < 4.78 is 30.8. The summed E-state index contributed by atoms with van der Waals surface area (Å²) in [5.41, 5.74) is 5.18. The number of hydrogen-bond acceptors (Lipinski definition) is 8. The van der Waals surface area contributed by atoms with Gasteiger partial charge in [0.05, 0.1) is 13.2 Å². The van der Waals surface area contributed by atoms with Crippen LogP contribution in [-0.4, -0.2) is 43.3 Å². The molecule has 0 amide bonds. The maximum atomic E-state index is 11.9. The molecule has 164 valence electrons. The lowest BCUT2D eigenvalue weighted by Crippen LogP contribution is -2.29. The van der Waals surface area contributed by atoms with Crippen LogP contribution >= 0.6 is 7.82 Å². The number of esters is 1. The van der Waals surface area contributed by atoms with Gasteiger partial charge >= 0.3 is 13.8 Å². The van der Waals surface area contributed by atoms with E-state index in [1.165, 1.54) is 0 Å². The first kappa shape index (κ1) is 26.5. The van der Waals surface area contributed by atoms with E-state index in [0.29, 0.717) is 6.42 Å². The molecule has 9 nitrogen and oxygen atoms in total. The van der Waals surface area contributed by atoms with Gasteiger partial charge in [-0.15, -0.1) is 6.42 Å². The van der Waals surface area contributed by atoms with Crippen molar-refractivity contribution < 1.29 is 37.9 Å². The first-order chi connectivity index (χ1) is 13.3. The fraction of sp³-hybridized carbons (Fsp3) is 0.667. The maximum absolute atomic E-state index is 11.9. The molecule has 3 N–H and O–H groups in total. The van der Waals surface area contributed by atoms with Crippen LogP contribution in [0.1, 0.15) is 44.9 Å². The van der Waals surface area contributed by atoms with E-state index < -0.39 is 32.4 Å². The molecule has 2 atom stereocenters. The van der Waals surface area contributed by atoms with Crippen molar-refractivity contribution in [3.05, 3.63) is 31.6 Å². The molecule has 0 radical (unpaired) electrons. The molecule has 0 aromatic carbocycles. The van der Waals surface area contributed by atoms with Crippen LogP contribution in [0.15, 0.2) is 25.2 Å². The Kier molecular flexibility index (Phi) is 15.6. The molecule has 28 heavy (non-hydrogen) atoms. The van der Waals surface area contributed by atoms with Crippen LogP contribution in [-0.2, 0) is 27.9 Å². The lowest BCUT2D eigenvalue weighted by atomic mass is 10.1. The molecule has 0 aliphatic carbocycles. The topological polar surface area (TPSA) is 140 Å². The van der Waals surface area contributed by atoms with Crippen LogP contribution in [0, 0.1) is 6.42 Å². The molecule has 0 heterocycles. The molecule has 0 saturated carbocycles. The Hall–Kier alpha value is -1.51. The van der Waals surface area contributed by atoms with Gasteiger partial charge in [0, 0.05) is 25.5 Å². The second kappa shape index (κ2) is 16.4. The van der Waals surface area contributed by atoms with Crippen molar-refractivity contribution in [1.29, 1.82) is 0 Å². The average Bonchev–Trinajstić information content (AvgIpc) is 2.64. The van der Waals surface area contributed by atoms with Gasteiger partial charge in [-0.25, -0.2) is 23.6 Å². The van der Waals surface area contributed by atoms with E-state index >= 15 is 0 Å². The zero-order valence-electron chi connectivity index (χ0n) is 16.3. The van der Waals surface area contributed by atoms with Crippen molar-refractivity contribution in [3.8, 4) is 0 Å². The third-order valence-electron chi connectivity index (χ3n) is 3.44. The lowest BCUT2D eigenvalue weighted by Gasteiger charge is -2.23. The second-order valence-corrected chi connectivity index (χ2v) is 7.41. The Balaban J connectivity index is 4.20. The molecule has 1 unspecified atom stereocenters. The van der Waals surface area contributed by atoms with Crippen molar-refractivity contribution in [2.24, 2.45) is 5.73 Å². The Morgan fingerprint density at radius 2 is 1.89 bits per heavy atom. The molecule has 0 aliphatic rings. The zero-order valence-corrected chi connectivity index (χ0v) is 17.1. The first-order valence-electron chi connectivity index (χ1n) is 9.25. The number of phosphoric acid groups is 1. The minimum atomic E-state index is -4.33. The summed E-state index contributed by atoms with van der Waals surface area (Å²) >= 11 is 0. The molecule has 0 aromatic heterocycles. The van der Waals surface area contributed by atoms with Crippen LogP contribution in [0.3, 0.4) is 0 Å². The normalized spacial score (nSPS) is 13.9. The van der Waals surface area contributed by atoms with Crippen LogP contribution in [0.25, 0.3) is 0 Å². The SMILES string of the molecule is C=C[CH-]CCCCCCCC(=O)O[C@H](COC(=C)[O-])COP(=O)(O)OCCN. The number of rotatable bonds is 19. The first-order valence-corrected chi connectivity index (χ1v) is 10.7. The summed E-state index contributed by atoms with van der Waals surface area (Å²) in [4.78, 5) is 21.4. The van der Waals surface area contributed by atoms with Gasteiger partial charge in [0.1, 0.15) is 6.10 Å². The predicted molar refractivity (Wildman–Crippen MR) is 103 cm³/mol. The smallest absolute Gasteiger partial charge is 0.472 e. The summed E-state index contributed by atoms with van der Waals surface area (Å²) in [6.07, 6.45) is 8.65. The molecule has 0 saturated heterocycles. The van der Waals surface area contributed by atoms with E-state index in [1.807, 2.05) is 6.42 Å². The molecular formula is C18H32NO8P-2. The third-order valence-corrected chi connectivity index (χ3v) is 4.43. The fourth-order valence-corrected chi connectivity index (χ4v) is 2.87. The maximum Gasteiger partial charge on any atom is 0.472 e. The molecule has 0 spiro atoms. The molecule has 0 fully saturated rings. The number of nitrogens with two attached hydrogens (primary N) is 1. The largest absolute Gasteiger partial charge is 0.610 e. The number of carbonyl (C=O) groups excluding carboxylic acids is 1. The lowest BCUT2D eigenvalue weighted by molar-refractivity contribution is -0.358. The van der Waals surface area contributed by atoms with Gasteiger partial charge in [0.15, 0.2) is 0 Å². The van der Waals surface area contributed by atoms with Crippen molar-refractivity contribution in [1.82, 2.24) is 0 Å². The van der Waals surface area contributed by atoms with E-state index in [4.69, 9.17) is 19.7 Å². The highest BCUT2D eigenvalue weighted by atomic mass is 31.2. The van der Waals surface area contributed by atoms with Gasteiger partial charge in [0.2, 0.25) is 0 Å². The Morgan fingerprint density at radius 3 is 2.54 bits per heavy atom. The Morgan fingerprint density at radius 1 is 1.21 bits per heavy atom. The van der Waals surface area contributed by atoms with E-state index in [1.54, 1.807) is 6.08 Å². The third kappa shape index (κ3) is 16.6. The van der Waals surface area contributed by atoms with Crippen molar-refractivity contribution in [3.63, 3.8) is 0 Å². The Bertz CT molecular complexity index is 500. The number of hydrogen-bond donors (Lipinski definition) is 2. The zero-order chi connectivity index (χ0) is 21.3. The molecule has 0 rings (SSSR count). The van der Waals surface area contributed by atoms with Gasteiger partial charge in [-0.3, -0.25) is 13.8 Å². The van der Waals surface area contributed by atoms with Gasteiger partial charge < -0.3 is 25.2 Å². The number of carbonyl (C=O) groups is 1. The van der Waals surface area contributed by atoms with Crippen LogP contribution in [0.4, 0.5) is 0 Å². The summed E-state index contributed by atoms with van der Waals surface area (Å²) in [6.45, 7) is 5.72.